The molecule has 0 saturated carbocycles. The van der Waals surface area contributed by atoms with Crippen LogP contribution in [0, 0.1) is 6.92 Å². The van der Waals surface area contributed by atoms with Crippen LogP contribution in [0.5, 0.6) is 0 Å². The van der Waals surface area contributed by atoms with Crippen molar-refractivity contribution in [3.63, 3.8) is 0 Å². The summed E-state index contributed by atoms with van der Waals surface area (Å²) in [6.07, 6.45) is 9.48. The molecule has 256 valence electrons. The van der Waals surface area contributed by atoms with E-state index in [-0.39, 0.29) is 17.5 Å². The molecule has 4 heterocycles. The summed E-state index contributed by atoms with van der Waals surface area (Å²) < 4.78 is 1.60. The van der Waals surface area contributed by atoms with Crippen LogP contribution in [0.15, 0.2) is 83.9 Å². The minimum atomic E-state index is -0.0988. The van der Waals surface area contributed by atoms with Crippen molar-refractivity contribution < 1.29 is 4.79 Å². The summed E-state index contributed by atoms with van der Waals surface area (Å²) >= 11 is 7.25. The number of carbonyl (C=O) groups is 1. The predicted molar refractivity (Wildman–Crippen MR) is 201 cm³/mol. The van der Waals surface area contributed by atoms with E-state index in [4.69, 9.17) is 11.6 Å². The average molecular weight is 687 g/mol. The Morgan fingerprint density at radius 3 is 2.50 bits per heavy atom. The van der Waals surface area contributed by atoms with Gasteiger partial charge in [-0.05, 0) is 96.6 Å². The number of nitrogens with zero attached hydrogens (tertiary/aromatic N) is 2. The largest absolute Gasteiger partial charge is 0.352 e. The minimum Gasteiger partial charge on any atom is -0.352 e. The fraction of sp³-hybridized carbons (Fsp3) is 0.341. The van der Waals surface area contributed by atoms with Gasteiger partial charge in [-0.1, -0.05) is 66.2 Å². The van der Waals surface area contributed by atoms with Gasteiger partial charge in [0, 0.05) is 73.3 Å². The first kappa shape index (κ1) is 32.8. The van der Waals surface area contributed by atoms with E-state index in [9.17, 15) is 9.59 Å². The summed E-state index contributed by atoms with van der Waals surface area (Å²) in [5.41, 5.74) is 11.3. The molecule has 5 aromatic rings. The Morgan fingerprint density at radius 1 is 0.880 bits per heavy atom. The molecule has 1 amide bonds. The summed E-state index contributed by atoms with van der Waals surface area (Å²) in [4.78, 5) is 29.4. The molecule has 3 atom stereocenters. The van der Waals surface area contributed by atoms with E-state index in [1.807, 2.05) is 12.1 Å². The number of nitrogens with one attached hydrogen (secondary N) is 4. The zero-order valence-corrected chi connectivity index (χ0v) is 29.2. The Bertz CT molecular complexity index is 2140. The Morgan fingerprint density at radius 2 is 1.68 bits per heavy atom. The van der Waals surface area contributed by atoms with E-state index in [1.165, 1.54) is 24.0 Å². The van der Waals surface area contributed by atoms with E-state index in [2.05, 4.69) is 87.8 Å². The van der Waals surface area contributed by atoms with Crippen molar-refractivity contribution in [1.29, 1.82) is 0 Å². The second kappa shape index (κ2) is 14.1. The molecule has 9 heteroatoms. The van der Waals surface area contributed by atoms with Crippen molar-refractivity contribution in [3.05, 3.63) is 117 Å². The second-order valence-corrected chi connectivity index (χ2v) is 14.5. The summed E-state index contributed by atoms with van der Waals surface area (Å²) in [6.45, 7) is 5.32. The third kappa shape index (κ3) is 6.61. The molecule has 2 aromatic heterocycles. The van der Waals surface area contributed by atoms with Gasteiger partial charge >= 0.3 is 0 Å². The van der Waals surface area contributed by atoms with Gasteiger partial charge in [-0.25, -0.2) is 4.98 Å². The van der Waals surface area contributed by atoms with E-state index in [0.29, 0.717) is 42.8 Å². The lowest BCUT2D eigenvalue weighted by Crippen LogP contribution is -2.39. The number of benzene rings is 3. The topological polar surface area (TPSA) is 99.6 Å². The van der Waals surface area contributed by atoms with E-state index in [0.717, 1.165) is 76.3 Å². The van der Waals surface area contributed by atoms with Crippen LogP contribution in [0.1, 0.15) is 47.9 Å². The van der Waals surface area contributed by atoms with Gasteiger partial charge in [-0.15, -0.1) is 0 Å². The average Bonchev–Trinajstić information content (AvgIpc) is 3.90. The Balaban J connectivity index is 1.01. The number of halogens is 1. The third-order valence-corrected chi connectivity index (χ3v) is 11.2. The van der Waals surface area contributed by atoms with Crippen LogP contribution in [-0.4, -0.2) is 53.1 Å². The lowest BCUT2D eigenvalue weighted by molar-refractivity contribution is -0.119. The van der Waals surface area contributed by atoms with E-state index < -0.39 is 0 Å². The maximum Gasteiger partial charge on any atom is 0.262 e. The van der Waals surface area contributed by atoms with Gasteiger partial charge in [-0.2, -0.15) is 0 Å². The lowest BCUT2D eigenvalue weighted by atomic mass is 9.91. The highest BCUT2D eigenvalue weighted by Gasteiger charge is 2.24. The zero-order chi connectivity index (χ0) is 34.2. The molecule has 0 spiro atoms. The van der Waals surface area contributed by atoms with Crippen LogP contribution in [0.3, 0.4) is 0 Å². The molecule has 2 saturated heterocycles. The molecule has 8 rings (SSSR count). The van der Waals surface area contributed by atoms with Gasteiger partial charge in [0.15, 0.2) is 0 Å². The zero-order valence-electron chi connectivity index (χ0n) is 28.4. The highest BCUT2D eigenvalue weighted by Crippen LogP contribution is 2.41. The fourth-order valence-corrected chi connectivity index (χ4v) is 8.32. The molecule has 8 nitrogen and oxygen atoms in total. The van der Waals surface area contributed by atoms with E-state index >= 15 is 0 Å². The molecule has 2 fully saturated rings. The lowest BCUT2D eigenvalue weighted by Gasteiger charge is -2.16. The number of fused-ring (bicyclic) bond motifs is 2. The van der Waals surface area contributed by atoms with Gasteiger partial charge in [0.25, 0.3) is 5.56 Å². The molecule has 4 N–H and O–H groups in total. The van der Waals surface area contributed by atoms with Gasteiger partial charge in [-0.3, -0.25) is 14.0 Å². The normalized spacial score (nSPS) is 20.0. The molecule has 3 aliphatic rings. The number of hydrogen-bond donors (Lipinski definition) is 4. The highest BCUT2D eigenvalue weighted by molar-refractivity contribution is 6.36. The number of rotatable bonds is 10. The first-order chi connectivity index (χ1) is 24.4. The first-order valence-electron chi connectivity index (χ1n) is 17.9. The van der Waals surface area contributed by atoms with Crippen LogP contribution < -0.4 is 26.8 Å². The number of carbonyl (C=O) groups excluding carboxylic acids is 1. The van der Waals surface area contributed by atoms with Crippen LogP contribution in [0.2, 0.25) is 5.02 Å². The fourth-order valence-electron chi connectivity index (χ4n) is 7.99. The van der Waals surface area contributed by atoms with Crippen LogP contribution in [0.4, 0.5) is 0 Å². The molecule has 1 unspecified atom stereocenters. The monoisotopic (exact) mass is 686 g/mol. The molecule has 0 bridgehead atoms. The maximum atomic E-state index is 13.3. The maximum absolute atomic E-state index is 13.3. The Kier molecular flexibility index (Phi) is 9.27. The van der Waals surface area contributed by atoms with Crippen molar-refractivity contribution in [3.8, 4) is 33.4 Å². The number of amides is 1. The molecule has 1 aliphatic carbocycles. The first-order valence-corrected chi connectivity index (χ1v) is 18.3. The number of hydrogen-bond acceptors (Lipinski definition) is 6. The van der Waals surface area contributed by atoms with Crippen LogP contribution in [0.25, 0.3) is 39.0 Å². The summed E-state index contributed by atoms with van der Waals surface area (Å²) in [7, 11) is 0. The minimum absolute atomic E-state index is 0.0845. The molecular weight excluding hydrogens is 644 g/mol. The van der Waals surface area contributed by atoms with Crippen LogP contribution >= 0.6 is 11.6 Å². The molecule has 2 aliphatic heterocycles. The molecule has 50 heavy (non-hydrogen) atoms. The second-order valence-electron chi connectivity index (χ2n) is 14.1. The standard InChI is InChI=1S/C41H43ClN6O2/c1-25-34(28-14-16-48-38(20-28)46-22-30(41(48)50)21-43-23-32-12-13-39(49)47-32)6-2-7-35(25)37-9-3-8-36(40(37)42)27-11-10-26-18-33(19-29(26)17-27)45-24-31-5-4-15-44-31/h2-3,6-11,14,16-17,20,22,31-33,43-45H,4-5,12-13,15,18-19,21,23-24H2,1H3,(H,47,49)/t31-,32-,33?/m0/s1. The van der Waals surface area contributed by atoms with Crippen molar-refractivity contribution in [2.45, 2.75) is 70.1 Å². The predicted octanol–water partition coefficient (Wildman–Crippen LogP) is 5.83. The molecule has 3 aromatic carbocycles. The molecule has 0 radical (unpaired) electrons. The van der Waals surface area contributed by atoms with E-state index in [1.54, 1.807) is 16.8 Å². The van der Waals surface area contributed by atoms with Gasteiger partial charge in [0.05, 0.1) is 5.02 Å². The quantitative estimate of drug-likeness (QED) is 0.148. The third-order valence-electron chi connectivity index (χ3n) is 10.8. The van der Waals surface area contributed by atoms with Crippen molar-refractivity contribution >= 4 is 23.2 Å². The smallest absolute Gasteiger partial charge is 0.262 e. The SMILES string of the molecule is Cc1c(-c2ccn3c(=O)c(CNC[C@@H]4CCC(=O)N4)cnc3c2)cccc1-c1cccc(-c2ccc3c(c2)CC(NC[C@@H]2CCCN2)C3)c1Cl. The Hall–Kier alpha value is -4.34. The number of pyridine rings is 1. The van der Waals surface area contributed by atoms with Crippen molar-refractivity contribution in [1.82, 2.24) is 30.7 Å². The summed E-state index contributed by atoms with van der Waals surface area (Å²) in [5, 5.41) is 14.4. The highest BCUT2D eigenvalue weighted by atomic mass is 35.5. The van der Waals surface area contributed by atoms with Crippen LogP contribution in [-0.2, 0) is 24.2 Å². The van der Waals surface area contributed by atoms with Crippen molar-refractivity contribution in [2.24, 2.45) is 0 Å². The number of aromatic nitrogens is 2. The van der Waals surface area contributed by atoms with Crippen molar-refractivity contribution in [2.75, 3.05) is 19.6 Å². The van der Waals surface area contributed by atoms with Gasteiger partial charge in [0.1, 0.15) is 5.65 Å². The van der Waals surface area contributed by atoms with Gasteiger partial charge in [0.2, 0.25) is 5.91 Å². The summed E-state index contributed by atoms with van der Waals surface area (Å²) in [5.74, 6) is 0.0845. The summed E-state index contributed by atoms with van der Waals surface area (Å²) in [6, 6.07) is 24.6. The Labute approximate surface area is 297 Å². The molecular formula is C41H43ClN6O2. The van der Waals surface area contributed by atoms with Gasteiger partial charge < -0.3 is 21.3 Å².